The Balaban J connectivity index is 1.33. The van der Waals surface area contributed by atoms with Crippen molar-refractivity contribution in [1.29, 1.82) is 0 Å². The molecule has 0 N–H and O–H groups in total. The summed E-state index contributed by atoms with van der Waals surface area (Å²) in [6, 6.07) is 18.0. The van der Waals surface area contributed by atoms with Crippen LogP contribution < -0.4 is 14.2 Å². The van der Waals surface area contributed by atoms with Gasteiger partial charge in [0.25, 0.3) is 5.69 Å². The highest BCUT2D eigenvalue weighted by atomic mass is 16.7. The predicted octanol–water partition coefficient (Wildman–Crippen LogP) is 4.94. The van der Waals surface area contributed by atoms with Gasteiger partial charge in [-0.2, -0.15) is 0 Å². The van der Waals surface area contributed by atoms with Crippen LogP contribution in [0.5, 0.6) is 17.2 Å². The number of rotatable bonds is 9. The van der Waals surface area contributed by atoms with Crippen molar-refractivity contribution in [3.05, 3.63) is 93.5 Å². The molecule has 35 heavy (non-hydrogen) atoms. The number of methoxy groups -OCH3 is 1. The molecule has 0 bridgehead atoms. The Bertz CT molecular complexity index is 1180. The summed E-state index contributed by atoms with van der Waals surface area (Å²) in [4.78, 5) is 22.1. The number of nitro benzene ring substituents is 1. The normalized spacial score (nSPS) is 14.4. The van der Waals surface area contributed by atoms with Gasteiger partial charge in [-0.1, -0.05) is 18.2 Å². The fraction of sp³-hybridized carbons (Fsp3) is 0.240. The van der Waals surface area contributed by atoms with Crippen molar-refractivity contribution in [2.75, 3.05) is 20.3 Å². The lowest BCUT2D eigenvalue weighted by Gasteiger charge is -2.28. The Morgan fingerprint density at radius 1 is 1.09 bits per heavy atom. The molecule has 0 saturated carbocycles. The minimum absolute atomic E-state index is 0.0291. The molecule has 10 nitrogen and oxygen atoms in total. The second-order valence-electron chi connectivity index (χ2n) is 7.47. The SMILES string of the molecule is COCCOc1ccccc1C1OCc2cc(COC(=O)Oc3ccc([N+](=O)[O-])cc3)ccc2O1. The van der Waals surface area contributed by atoms with Gasteiger partial charge in [-0.15, -0.1) is 0 Å². The lowest BCUT2D eigenvalue weighted by Crippen LogP contribution is -2.19. The lowest BCUT2D eigenvalue weighted by atomic mass is 10.1. The molecule has 0 aliphatic carbocycles. The zero-order chi connectivity index (χ0) is 24.6. The van der Waals surface area contributed by atoms with Crippen molar-refractivity contribution in [3.63, 3.8) is 0 Å². The van der Waals surface area contributed by atoms with Crippen molar-refractivity contribution in [3.8, 4) is 17.2 Å². The second-order valence-corrected chi connectivity index (χ2v) is 7.47. The van der Waals surface area contributed by atoms with Gasteiger partial charge >= 0.3 is 6.16 Å². The standard InChI is InChI=1S/C25H23NO9/c1-30-12-13-31-23-5-3-2-4-21(23)24-32-16-18-14-17(6-11-22(18)35-24)15-33-25(27)34-20-9-7-19(8-10-20)26(28)29/h2-11,14,24H,12-13,15-16H2,1H3. The minimum Gasteiger partial charge on any atom is -0.491 e. The van der Waals surface area contributed by atoms with Crippen LogP contribution >= 0.6 is 0 Å². The third-order valence-corrected chi connectivity index (χ3v) is 5.07. The average molecular weight is 481 g/mol. The van der Waals surface area contributed by atoms with Crippen LogP contribution in [0, 0.1) is 10.1 Å². The molecular formula is C25H23NO9. The number of ether oxygens (including phenoxy) is 6. The fourth-order valence-corrected chi connectivity index (χ4v) is 3.36. The molecule has 0 fully saturated rings. The minimum atomic E-state index is -0.922. The molecule has 3 aromatic carbocycles. The van der Waals surface area contributed by atoms with Crippen LogP contribution in [0.25, 0.3) is 0 Å². The maximum absolute atomic E-state index is 12.0. The summed E-state index contributed by atoms with van der Waals surface area (Å²) in [7, 11) is 1.61. The summed E-state index contributed by atoms with van der Waals surface area (Å²) >= 11 is 0. The van der Waals surface area contributed by atoms with E-state index in [0.29, 0.717) is 31.3 Å². The van der Waals surface area contributed by atoms with Gasteiger partial charge in [0.1, 0.15) is 30.5 Å². The number of fused-ring (bicyclic) bond motifs is 1. The van der Waals surface area contributed by atoms with Gasteiger partial charge < -0.3 is 28.4 Å². The Kier molecular flexibility index (Phi) is 7.76. The van der Waals surface area contributed by atoms with Crippen molar-refractivity contribution in [2.24, 2.45) is 0 Å². The first-order valence-corrected chi connectivity index (χ1v) is 10.7. The number of benzene rings is 3. The van der Waals surface area contributed by atoms with Crippen molar-refractivity contribution >= 4 is 11.8 Å². The Morgan fingerprint density at radius 3 is 2.66 bits per heavy atom. The number of non-ortho nitro benzene ring substituents is 1. The summed E-state index contributed by atoms with van der Waals surface area (Å²) in [5.74, 6) is 1.46. The quantitative estimate of drug-likeness (QED) is 0.138. The number of nitro groups is 1. The molecule has 4 rings (SSSR count). The van der Waals surface area contributed by atoms with E-state index < -0.39 is 17.4 Å². The number of para-hydroxylation sites is 1. The van der Waals surface area contributed by atoms with E-state index in [1.165, 1.54) is 24.3 Å². The molecule has 0 saturated heterocycles. The molecular weight excluding hydrogens is 458 g/mol. The van der Waals surface area contributed by atoms with Crippen LogP contribution in [-0.4, -0.2) is 31.4 Å². The molecule has 1 aliphatic heterocycles. The van der Waals surface area contributed by atoms with E-state index in [9.17, 15) is 14.9 Å². The fourth-order valence-electron chi connectivity index (χ4n) is 3.36. The van der Waals surface area contributed by atoms with E-state index in [0.717, 1.165) is 16.7 Å². The van der Waals surface area contributed by atoms with Gasteiger partial charge in [0.05, 0.1) is 23.7 Å². The maximum atomic E-state index is 12.0. The predicted molar refractivity (Wildman–Crippen MR) is 122 cm³/mol. The summed E-state index contributed by atoms with van der Waals surface area (Å²) in [6.07, 6.45) is -1.55. The van der Waals surface area contributed by atoms with E-state index in [-0.39, 0.29) is 18.0 Å². The summed E-state index contributed by atoms with van der Waals surface area (Å²) in [6.45, 7) is 1.15. The molecule has 0 aromatic heterocycles. The third-order valence-electron chi connectivity index (χ3n) is 5.07. The monoisotopic (exact) mass is 481 g/mol. The summed E-state index contributed by atoms with van der Waals surface area (Å²) in [5, 5.41) is 10.7. The Morgan fingerprint density at radius 2 is 1.89 bits per heavy atom. The number of carbonyl (C=O) groups is 1. The van der Waals surface area contributed by atoms with Gasteiger partial charge in [-0.3, -0.25) is 10.1 Å². The molecule has 1 unspecified atom stereocenters. The zero-order valence-electron chi connectivity index (χ0n) is 18.9. The van der Waals surface area contributed by atoms with E-state index in [4.69, 9.17) is 28.4 Å². The maximum Gasteiger partial charge on any atom is 0.514 e. The third kappa shape index (κ3) is 6.25. The van der Waals surface area contributed by atoms with Crippen LogP contribution in [0.1, 0.15) is 23.0 Å². The van der Waals surface area contributed by atoms with Crippen LogP contribution in [0.4, 0.5) is 10.5 Å². The first-order chi connectivity index (χ1) is 17.0. The topological polar surface area (TPSA) is 116 Å². The van der Waals surface area contributed by atoms with Crippen LogP contribution in [0.3, 0.4) is 0 Å². The van der Waals surface area contributed by atoms with Gasteiger partial charge in [0.2, 0.25) is 6.29 Å². The van der Waals surface area contributed by atoms with Crippen molar-refractivity contribution < 1.29 is 38.1 Å². The second kappa shape index (κ2) is 11.3. The molecule has 1 heterocycles. The average Bonchev–Trinajstić information content (AvgIpc) is 2.88. The molecule has 0 spiro atoms. The molecule has 3 aromatic rings. The van der Waals surface area contributed by atoms with Gasteiger partial charge in [0.15, 0.2) is 0 Å². The van der Waals surface area contributed by atoms with Gasteiger partial charge in [-0.05, 0) is 42.0 Å². The molecule has 182 valence electrons. The van der Waals surface area contributed by atoms with Gasteiger partial charge in [-0.25, -0.2) is 4.79 Å². The number of nitrogens with zero attached hydrogens (tertiary/aromatic N) is 1. The largest absolute Gasteiger partial charge is 0.514 e. The first-order valence-electron chi connectivity index (χ1n) is 10.7. The number of carbonyl (C=O) groups excluding carboxylic acids is 1. The zero-order valence-corrected chi connectivity index (χ0v) is 18.9. The van der Waals surface area contributed by atoms with Crippen LogP contribution in [0.15, 0.2) is 66.7 Å². The molecule has 1 aliphatic rings. The van der Waals surface area contributed by atoms with E-state index in [1.807, 2.05) is 30.3 Å². The molecule has 1 atom stereocenters. The number of hydrogen-bond acceptors (Lipinski definition) is 9. The highest BCUT2D eigenvalue weighted by molar-refractivity contribution is 5.64. The molecule has 0 radical (unpaired) electrons. The van der Waals surface area contributed by atoms with E-state index in [1.54, 1.807) is 19.2 Å². The lowest BCUT2D eigenvalue weighted by molar-refractivity contribution is -0.384. The van der Waals surface area contributed by atoms with Gasteiger partial charge in [0, 0.05) is 24.8 Å². The smallest absolute Gasteiger partial charge is 0.491 e. The molecule has 10 heteroatoms. The summed E-state index contributed by atoms with van der Waals surface area (Å²) < 4.78 is 32.9. The van der Waals surface area contributed by atoms with Crippen molar-refractivity contribution in [1.82, 2.24) is 0 Å². The summed E-state index contributed by atoms with van der Waals surface area (Å²) in [5.41, 5.74) is 2.20. The van der Waals surface area contributed by atoms with E-state index in [2.05, 4.69) is 0 Å². The van der Waals surface area contributed by atoms with E-state index >= 15 is 0 Å². The number of hydrogen-bond donors (Lipinski definition) is 0. The molecule has 0 amide bonds. The Labute approximate surface area is 201 Å². The van der Waals surface area contributed by atoms with Crippen molar-refractivity contribution in [2.45, 2.75) is 19.5 Å². The van der Waals surface area contributed by atoms with Crippen LogP contribution in [0.2, 0.25) is 0 Å². The Hall–Kier alpha value is -4.15. The first kappa shape index (κ1) is 24.0. The highest BCUT2D eigenvalue weighted by Gasteiger charge is 2.25. The van der Waals surface area contributed by atoms with Crippen LogP contribution in [-0.2, 0) is 27.4 Å². The highest BCUT2D eigenvalue weighted by Crippen LogP contribution is 2.37.